The Morgan fingerprint density at radius 2 is 2.12 bits per heavy atom. The van der Waals surface area contributed by atoms with Crippen LogP contribution in [0.15, 0.2) is 46.3 Å². The second-order valence-electron chi connectivity index (χ2n) is 9.09. The van der Waals surface area contributed by atoms with Gasteiger partial charge in [0.2, 0.25) is 0 Å². The average molecular weight is 593 g/mol. The quantitative estimate of drug-likeness (QED) is 0.152. The Kier molecular flexibility index (Phi) is 9.11. The summed E-state index contributed by atoms with van der Waals surface area (Å²) in [7, 11) is 4.64. The van der Waals surface area contributed by atoms with Crippen LogP contribution in [-0.4, -0.2) is 101 Å². The molecule has 3 atom stereocenters. The molecule has 0 aliphatic carbocycles. The van der Waals surface area contributed by atoms with Crippen LogP contribution in [0, 0.1) is 0 Å². The Morgan fingerprint density at radius 3 is 2.77 bits per heavy atom. The number of anilines is 1. The normalized spacial score (nSPS) is 20.4. The Bertz CT molecular complexity index is 1390. The minimum atomic E-state index is -1.44. The molecule has 4 rings (SSSR count). The van der Waals surface area contributed by atoms with Gasteiger partial charge in [0, 0.05) is 39.2 Å². The summed E-state index contributed by atoms with van der Waals surface area (Å²) in [5.41, 5.74) is 7.09. The molecule has 2 aromatic heterocycles. The number of thiazole rings is 1. The van der Waals surface area contributed by atoms with Crippen LogP contribution in [0.3, 0.4) is 0 Å². The van der Waals surface area contributed by atoms with E-state index < -0.39 is 34.1 Å². The van der Waals surface area contributed by atoms with Gasteiger partial charge in [0.15, 0.2) is 23.2 Å². The molecular formula is C24H30N7O7S2+. The average Bonchev–Trinajstić information content (AvgIpc) is 3.34. The molecule has 1 fully saturated rings. The fourth-order valence-electron chi connectivity index (χ4n) is 4.34. The lowest BCUT2D eigenvalue weighted by molar-refractivity contribution is -0.727. The van der Waals surface area contributed by atoms with Crippen molar-refractivity contribution in [2.24, 2.45) is 5.16 Å². The zero-order valence-electron chi connectivity index (χ0n) is 22.4. The second-order valence-corrected chi connectivity index (χ2v) is 11.5. The lowest BCUT2D eigenvalue weighted by Crippen LogP contribution is -2.70. The third-order valence-corrected chi connectivity index (χ3v) is 8.53. The number of hydrogen-bond donors (Lipinski definition) is 2. The van der Waals surface area contributed by atoms with Crippen molar-refractivity contribution in [3.8, 4) is 0 Å². The number of nitrogens with one attached hydrogen (secondary N) is 1. The van der Waals surface area contributed by atoms with Crippen LogP contribution in [0.4, 0.5) is 5.13 Å². The number of nitrogens with two attached hydrogens (primary N) is 1. The molecular weight excluding hydrogens is 562 g/mol. The summed E-state index contributed by atoms with van der Waals surface area (Å²) in [4.78, 5) is 50.6. The first-order chi connectivity index (χ1) is 19.1. The first-order valence-corrected chi connectivity index (χ1v) is 14.3. The summed E-state index contributed by atoms with van der Waals surface area (Å²) >= 11 is 1.15. The number of fused-ring (bicyclic) bond motifs is 1. The van der Waals surface area contributed by atoms with Gasteiger partial charge < -0.3 is 35.2 Å². The van der Waals surface area contributed by atoms with Crippen molar-refractivity contribution in [3.63, 3.8) is 0 Å². The van der Waals surface area contributed by atoms with E-state index in [-0.39, 0.29) is 53.8 Å². The van der Waals surface area contributed by atoms with Gasteiger partial charge in [0.1, 0.15) is 29.4 Å². The molecule has 2 amide bonds. The van der Waals surface area contributed by atoms with Crippen molar-refractivity contribution in [1.82, 2.24) is 20.1 Å². The van der Waals surface area contributed by atoms with Crippen molar-refractivity contribution >= 4 is 50.8 Å². The van der Waals surface area contributed by atoms with Gasteiger partial charge in [0.25, 0.3) is 18.5 Å². The topological polar surface area (TPSA) is 170 Å². The predicted molar refractivity (Wildman–Crippen MR) is 145 cm³/mol. The number of carbonyl (C=O) groups excluding carboxylic acids is 3. The van der Waals surface area contributed by atoms with Crippen molar-refractivity contribution in [1.29, 1.82) is 0 Å². The van der Waals surface area contributed by atoms with E-state index >= 15 is 0 Å². The monoisotopic (exact) mass is 592 g/mol. The van der Waals surface area contributed by atoms with Gasteiger partial charge in [-0.3, -0.25) is 13.8 Å². The van der Waals surface area contributed by atoms with Gasteiger partial charge in [-0.2, -0.15) is 4.57 Å². The minimum Gasteiger partial charge on any atom is -0.400 e. The smallest absolute Gasteiger partial charge is 0.359 e. The zero-order chi connectivity index (χ0) is 29.0. The van der Waals surface area contributed by atoms with E-state index in [0.29, 0.717) is 11.1 Å². The highest BCUT2D eigenvalue weighted by atomic mass is 32.2. The van der Waals surface area contributed by atoms with E-state index in [1.165, 1.54) is 19.1 Å². The molecule has 2 aliphatic heterocycles. The van der Waals surface area contributed by atoms with E-state index in [9.17, 15) is 18.6 Å². The van der Waals surface area contributed by atoms with Gasteiger partial charge in [-0.05, 0) is 11.6 Å². The fraction of sp³-hybridized carbons (Fsp3) is 0.417. The lowest BCUT2D eigenvalue weighted by Gasteiger charge is -2.51. The summed E-state index contributed by atoms with van der Waals surface area (Å²) in [6.45, 7) is 0.151. The maximum atomic E-state index is 13.3. The number of oxime groups is 1. The van der Waals surface area contributed by atoms with Gasteiger partial charge in [-0.15, -0.1) is 11.3 Å². The molecule has 0 saturated carbocycles. The molecule has 14 nitrogen and oxygen atoms in total. The van der Waals surface area contributed by atoms with Gasteiger partial charge in [-0.1, -0.05) is 5.16 Å². The fourth-order valence-corrected chi connectivity index (χ4v) is 6.62. The highest BCUT2D eigenvalue weighted by molar-refractivity contribution is 7.86. The number of nitrogens with zero attached hydrogens (tertiary/aromatic N) is 5. The molecule has 2 aliphatic rings. The van der Waals surface area contributed by atoms with E-state index in [1.54, 1.807) is 53.5 Å². The molecule has 0 aromatic carbocycles. The molecule has 0 spiro atoms. The van der Waals surface area contributed by atoms with Gasteiger partial charge in [0.05, 0.1) is 29.2 Å². The Balaban J connectivity index is 1.48. The first kappa shape index (κ1) is 29.1. The maximum Gasteiger partial charge on any atom is 0.359 e. The van der Waals surface area contributed by atoms with Crippen molar-refractivity contribution in [3.05, 3.63) is 52.4 Å². The SMILES string of the molecule is COCC1=C(C(=O)OC[n+]2cccc(C(=O)N(C)C)c2)N2C[C@@H](NC(=O)C(=NOC)c3csc(N)n3)[C@H]2S(=O)C1. The summed E-state index contributed by atoms with van der Waals surface area (Å²) in [6, 6.07) is 2.81. The van der Waals surface area contributed by atoms with Crippen molar-refractivity contribution in [2.45, 2.75) is 18.1 Å². The number of ether oxygens (including phenoxy) is 2. The first-order valence-electron chi connectivity index (χ1n) is 12.0. The molecule has 1 unspecified atom stereocenters. The summed E-state index contributed by atoms with van der Waals surface area (Å²) in [5, 5.41) is 7.79. The number of hydrogen-bond acceptors (Lipinski definition) is 12. The van der Waals surface area contributed by atoms with Crippen LogP contribution in [0.25, 0.3) is 0 Å². The summed E-state index contributed by atoms with van der Waals surface area (Å²) in [6.07, 6.45) is 3.26. The molecule has 214 valence electrons. The molecule has 40 heavy (non-hydrogen) atoms. The van der Waals surface area contributed by atoms with Crippen LogP contribution >= 0.6 is 11.3 Å². The van der Waals surface area contributed by atoms with Crippen LogP contribution in [0.5, 0.6) is 0 Å². The molecule has 0 bridgehead atoms. The van der Waals surface area contributed by atoms with E-state index in [4.69, 9.17) is 20.0 Å². The minimum absolute atomic E-state index is 0.0715. The lowest BCUT2D eigenvalue weighted by atomic mass is 10.0. The maximum absolute atomic E-state index is 13.3. The Labute approximate surface area is 236 Å². The molecule has 16 heteroatoms. The van der Waals surface area contributed by atoms with Crippen LogP contribution in [0.2, 0.25) is 0 Å². The molecule has 2 aromatic rings. The highest BCUT2D eigenvalue weighted by Crippen LogP contribution is 2.34. The predicted octanol–water partition coefficient (Wildman–Crippen LogP) is -0.945. The Morgan fingerprint density at radius 1 is 1.35 bits per heavy atom. The van der Waals surface area contributed by atoms with E-state index in [1.807, 2.05) is 0 Å². The third-order valence-electron chi connectivity index (χ3n) is 6.10. The third kappa shape index (κ3) is 6.13. The second kappa shape index (κ2) is 12.5. The number of aromatic nitrogens is 2. The van der Waals surface area contributed by atoms with E-state index in [2.05, 4.69) is 15.5 Å². The summed E-state index contributed by atoms with van der Waals surface area (Å²) in [5.74, 6) is -1.31. The summed E-state index contributed by atoms with van der Waals surface area (Å²) < 4.78 is 25.6. The highest BCUT2D eigenvalue weighted by Gasteiger charge is 2.50. The van der Waals surface area contributed by atoms with Crippen molar-refractivity contribution in [2.75, 3.05) is 53.0 Å². The van der Waals surface area contributed by atoms with Crippen LogP contribution in [0.1, 0.15) is 16.1 Å². The molecule has 4 heterocycles. The number of carbonyl (C=O) groups is 3. The van der Waals surface area contributed by atoms with Gasteiger partial charge in [-0.25, -0.2) is 9.78 Å². The number of pyridine rings is 1. The van der Waals surface area contributed by atoms with E-state index in [0.717, 1.165) is 11.3 Å². The largest absolute Gasteiger partial charge is 0.400 e. The Hall–Kier alpha value is -3.89. The number of amides is 2. The van der Waals surface area contributed by atoms with Crippen LogP contribution in [-0.2, 0) is 41.4 Å². The molecule has 3 N–H and O–H groups in total. The van der Waals surface area contributed by atoms with Crippen molar-refractivity contribution < 1.29 is 37.5 Å². The number of esters is 1. The van der Waals surface area contributed by atoms with Crippen LogP contribution < -0.4 is 15.6 Å². The molecule has 1 saturated heterocycles. The number of methoxy groups -OCH3 is 1. The standard InChI is InChI=1S/C24H29N7O7S2/c1-29(2)21(33)14-6-5-7-30(8-14)13-38-23(34)19-15(10-36-3)12-40(35)22-16(9-31(19)22)26-20(32)18(28-37-4)17-11-39-24(25)27-17/h5-8,11,16,22H,9-10,12-13H2,1-4H3,(H2-,25,26,27,32)/p+1/t16-,22-,40?/m1/s1. The number of rotatable bonds is 10. The number of nitrogen functional groups attached to an aromatic ring is 1. The molecule has 0 radical (unpaired) electrons. The van der Waals surface area contributed by atoms with Gasteiger partial charge >= 0.3 is 5.97 Å². The zero-order valence-corrected chi connectivity index (χ0v) is 24.0.